The van der Waals surface area contributed by atoms with Crippen LogP contribution in [0.2, 0.25) is 0 Å². The van der Waals surface area contributed by atoms with Crippen LogP contribution in [0.3, 0.4) is 0 Å². The Morgan fingerprint density at radius 3 is 2.23 bits per heavy atom. The van der Waals surface area contributed by atoms with Gasteiger partial charge in [-0.15, -0.1) is 0 Å². The van der Waals surface area contributed by atoms with Crippen LogP contribution in [0.4, 0.5) is 13.2 Å². The summed E-state index contributed by atoms with van der Waals surface area (Å²) >= 11 is 0. The van der Waals surface area contributed by atoms with Gasteiger partial charge in [0.1, 0.15) is 0 Å². The fourth-order valence-electron chi connectivity index (χ4n) is 2.66. The zero-order valence-corrected chi connectivity index (χ0v) is 17.7. The summed E-state index contributed by atoms with van der Waals surface area (Å²) in [6, 6.07) is 12.0. The van der Waals surface area contributed by atoms with Crippen LogP contribution in [0, 0.1) is 11.8 Å². The molecule has 0 unspecified atom stereocenters. The van der Waals surface area contributed by atoms with Gasteiger partial charge < -0.3 is 10.6 Å². The van der Waals surface area contributed by atoms with Crippen LogP contribution in [0.5, 0.6) is 0 Å². The first-order valence-corrected chi connectivity index (χ1v) is 9.78. The lowest BCUT2D eigenvalue weighted by Crippen LogP contribution is -2.31. The minimum atomic E-state index is -4.43. The van der Waals surface area contributed by atoms with Crippen molar-refractivity contribution in [1.82, 2.24) is 10.6 Å². The molecule has 0 aliphatic carbocycles. The molecule has 0 aliphatic heterocycles. The Hall–Kier alpha value is -3.27. The third-order valence-electron chi connectivity index (χ3n) is 4.45. The van der Waals surface area contributed by atoms with E-state index in [9.17, 15) is 22.8 Å². The number of alkyl halides is 3. The third kappa shape index (κ3) is 7.82. The van der Waals surface area contributed by atoms with Gasteiger partial charge >= 0.3 is 6.18 Å². The van der Waals surface area contributed by atoms with Crippen LogP contribution in [-0.2, 0) is 16.4 Å². The van der Waals surface area contributed by atoms with Gasteiger partial charge in [0.25, 0.3) is 5.91 Å². The molecule has 7 heteroatoms. The first-order chi connectivity index (χ1) is 14.5. The number of amides is 2. The number of rotatable bonds is 5. The first-order valence-electron chi connectivity index (χ1n) is 9.78. The lowest BCUT2D eigenvalue weighted by molar-refractivity contribution is -0.137. The molecule has 31 heavy (non-hydrogen) atoms. The van der Waals surface area contributed by atoms with Crippen molar-refractivity contribution in [2.24, 2.45) is 0 Å². The molecule has 2 aromatic carbocycles. The summed E-state index contributed by atoms with van der Waals surface area (Å²) in [7, 11) is 0. The van der Waals surface area contributed by atoms with Crippen molar-refractivity contribution in [1.29, 1.82) is 0 Å². The van der Waals surface area contributed by atoms with Crippen molar-refractivity contribution in [2.45, 2.75) is 38.8 Å². The summed E-state index contributed by atoms with van der Waals surface area (Å²) in [4.78, 5) is 24.0. The molecule has 0 saturated carbocycles. The zero-order chi connectivity index (χ0) is 23.1. The highest BCUT2D eigenvalue weighted by Crippen LogP contribution is 2.29. The van der Waals surface area contributed by atoms with Gasteiger partial charge in [0.05, 0.1) is 12.1 Å². The molecular weight excluding hydrogens is 405 g/mol. The molecule has 0 aromatic heterocycles. The third-order valence-corrected chi connectivity index (χ3v) is 4.45. The van der Waals surface area contributed by atoms with Crippen molar-refractivity contribution in [3.8, 4) is 11.8 Å². The summed E-state index contributed by atoms with van der Waals surface area (Å²) in [5, 5.41) is 5.23. The standard InChI is InChI=1S/C24H25F3N2O2/c1-23(2,3)19-11-9-18(10-12-19)22(31)29-15-13-21(30)28-14-5-7-17-6-4-8-20(16-17)24(25,26)27/h4,6,8-12,16H,13-15H2,1-3H3,(H,28,30)(H,29,31). The molecule has 2 N–H and O–H groups in total. The van der Waals surface area contributed by atoms with Gasteiger partial charge in [-0.2, -0.15) is 13.2 Å². The Bertz CT molecular complexity index is 979. The van der Waals surface area contributed by atoms with E-state index in [0.717, 1.165) is 17.7 Å². The van der Waals surface area contributed by atoms with Crippen molar-refractivity contribution < 1.29 is 22.8 Å². The normalized spacial score (nSPS) is 11.3. The molecule has 164 valence electrons. The fourth-order valence-corrected chi connectivity index (χ4v) is 2.66. The number of halogens is 3. The largest absolute Gasteiger partial charge is 0.416 e. The minimum Gasteiger partial charge on any atom is -0.352 e. The molecule has 0 bridgehead atoms. The van der Waals surface area contributed by atoms with E-state index in [1.54, 1.807) is 12.1 Å². The van der Waals surface area contributed by atoms with Crippen LogP contribution >= 0.6 is 0 Å². The van der Waals surface area contributed by atoms with E-state index < -0.39 is 11.7 Å². The lowest BCUT2D eigenvalue weighted by Gasteiger charge is -2.19. The second-order valence-electron chi connectivity index (χ2n) is 7.99. The van der Waals surface area contributed by atoms with Crippen LogP contribution in [0.15, 0.2) is 48.5 Å². The number of benzene rings is 2. The Balaban J connectivity index is 1.75. The molecule has 2 amide bonds. The molecule has 0 fully saturated rings. The molecule has 0 aliphatic rings. The molecule has 0 radical (unpaired) electrons. The predicted molar refractivity (Wildman–Crippen MR) is 113 cm³/mol. The fraction of sp³-hybridized carbons (Fsp3) is 0.333. The van der Waals surface area contributed by atoms with Gasteiger partial charge in [-0.25, -0.2) is 0 Å². The van der Waals surface area contributed by atoms with Gasteiger partial charge in [0.15, 0.2) is 0 Å². The summed E-state index contributed by atoms with van der Waals surface area (Å²) in [5.74, 6) is 4.62. The maximum absolute atomic E-state index is 12.7. The maximum atomic E-state index is 12.7. The smallest absolute Gasteiger partial charge is 0.352 e. The van der Waals surface area contributed by atoms with Crippen molar-refractivity contribution in [2.75, 3.05) is 13.1 Å². The average Bonchev–Trinajstić information content (AvgIpc) is 2.70. The van der Waals surface area contributed by atoms with Crippen molar-refractivity contribution in [3.05, 3.63) is 70.8 Å². The summed E-state index contributed by atoms with van der Waals surface area (Å²) in [6.07, 6.45) is -4.36. The molecule has 0 heterocycles. The highest BCUT2D eigenvalue weighted by Gasteiger charge is 2.30. The molecule has 2 rings (SSSR count). The second-order valence-corrected chi connectivity index (χ2v) is 7.99. The molecule has 0 spiro atoms. The van der Waals surface area contributed by atoms with Gasteiger partial charge in [0, 0.05) is 24.1 Å². The highest BCUT2D eigenvalue weighted by atomic mass is 19.4. The van der Waals surface area contributed by atoms with Gasteiger partial charge in [0.2, 0.25) is 5.91 Å². The zero-order valence-electron chi connectivity index (χ0n) is 17.7. The van der Waals surface area contributed by atoms with E-state index in [1.807, 2.05) is 12.1 Å². The number of nitrogens with one attached hydrogen (secondary N) is 2. The number of hydrogen-bond acceptors (Lipinski definition) is 2. The Kier molecular flexibility index (Phi) is 7.87. The Labute approximate surface area is 180 Å². The van der Waals surface area contributed by atoms with Gasteiger partial charge in [-0.1, -0.05) is 50.8 Å². The second kappa shape index (κ2) is 10.2. The minimum absolute atomic E-state index is 0.00269. The van der Waals surface area contributed by atoms with Crippen LogP contribution in [0.1, 0.15) is 54.2 Å². The van der Waals surface area contributed by atoms with E-state index in [4.69, 9.17) is 0 Å². The predicted octanol–water partition coefficient (Wildman–Crippen LogP) is 4.29. The van der Waals surface area contributed by atoms with E-state index in [0.29, 0.717) is 5.56 Å². The SMILES string of the molecule is CC(C)(C)c1ccc(C(=O)NCCC(=O)NCC#Cc2cccc(C(F)(F)F)c2)cc1. The van der Waals surface area contributed by atoms with Crippen LogP contribution in [-0.4, -0.2) is 24.9 Å². The van der Waals surface area contributed by atoms with Crippen LogP contribution < -0.4 is 10.6 Å². The first kappa shape index (κ1) is 24.0. The summed E-state index contributed by atoms with van der Waals surface area (Å²) in [6.45, 7) is 6.42. The van der Waals surface area contributed by atoms with E-state index in [2.05, 4.69) is 43.2 Å². The topological polar surface area (TPSA) is 58.2 Å². The van der Waals surface area contributed by atoms with E-state index >= 15 is 0 Å². The number of carbonyl (C=O) groups excluding carboxylic acids is 2. The molecule has 2 aromatic rings. The molecule has 0 atom stereocenters. The van der Waals surface area contributed by atoms with Crippen molar-refractivity contribution in [3.63, 3.8) is 0 Å². The van der Waals surface area contributed by atoms with Gasteiger partial charge in [-0.05, 0) is 41.3 Å². The molecular formula is C24H25F3N2O2. The quantitative estimate of drug-likeness (QED) is 0.696. The van der Waals surface area contributed by atoms with Crippen LogP contribution in [0.25, 0.3) is 0 Å². The van der Waals surface area contributed by atoms with Crippen molar-refractivity contribution >= 4 is 11.8 Å². The maximum Gasteiger partial charge on any atom is 0.416 e. The molecule has 0 saturated heterocycles. The monoisotopic (exact) mass is 430 g/mol. The van der Waals surface area contributed by atoms with E-state index in [-0.39, 0.29) is 42.3 Å². The van der Waals surface area contributed by atoms with E-state index in [1.165, 1.54) is 12.1 Å². The average molecular weight is 430 g/mol. The Morgan fingerprint density at radius 1 is 0.935 bits per heavy atom. The lowest BCUT2D eigenvalue weighted by atomic mass is 9.87. The summed E-state index contributed by atoms with van der Waals surface area (Å²) < 4.78 is 38.0. The summed E-state index contributed by atoms with van der Waals surface area (Å²) in [5.41, 5.74) is 1.08. The number of carbonyl (C=O) groups is 2. The van der Waals surface area contributed by atoms with Gasteiger partial charge in [-0.3, -0.25) is 9.59 Å². The number of hydrogen-bond donors (Lipinski definition) is 2. The Morgan fingerprint density at radius 2 is 1.61 bits per heavy atom. The highest BCUT2D eigenvalue weighted by molar-refractivity contribution is 5.94. The molecule has 4 nitrogen and oxygen atoms in total.